The molecule has 0 aliphatic rings. The molecule has 1 rings (SSSR count). The van der Waals surface area contributed by atoms with E-state index >= 15 is 0 Å². The molecule has 0 saturated carbocycles. The first-order chi connectivity index (χ1) is 6.59. The molecule has 0 fully saturated rings. The molecule has 0 aliphatic carbocycles. The standard InChI is InChI=1S/C8H9F2NO2S/c9-7(10)3-11-2-6-1-5(4-14-6)8(12)13/h1,4,7,11H,2-3H2,(H,12,13). The third kappa shape index (κ3) is 3.39. The van der Waals surface area contributed by atoms with E-state index < -0.39 is 12.4 Å². The van der Waals surface area contributed by atoms with E-state index in [-0.39, 0.29) is 18.7 Å². The van der Waals surface area contributed by atoms with E-state index in [1.807, 2.05) is 0 Å². The fraction of sp³-hybridized carbons (Fsp3) is 0.375. The second-order valence-corrected chi connectivity index (χ2v) is 3.62. The molecule has 0 aliphatic heterocycles. The Kier molecular flexibility index (Phi) is 3.97. The lowest BCUT2D eigenvalue weighted by atomic mass is 10.3. The van der Waals surface area contributed by atoms with Crippen LogP contribution in [0.2, 0.25) is 0 Å². The number of thiophene rings is 1. The maximum absolute atomic E-state index is 11.7. The van der Waals surface area contributed by atoms with Crippen molar-refractivity contribution in [2.24, 2.45) is 0 Å². The van der Waals surface area contributed by atoms with Gasteiger partial charge in [-0.3, -0.25) is 0 Å². The van der Waals surface area contributed by atoms with Crippen molar-refractivity contribution in [3.8, 4) is 0 Å². The average Bonchev–Trinajstić information content (AvgIpc) is 2.52. The van der Waals surface area contributed by atoms with Gasteiger partial charge in [0, 0.05) is 16.8 Å². The average molecular weight is 221 g/mol. The zero-order chi connectivity index (χ0) is 10.6. The predicted octanol–water partition coefficient (Wildman–Crippen LogP) is 1.80. The Balaban J connectivity index is 2.40. The highest BCUT2D eigenvalue weighted by Crippen LogP contribution is 2.14. The summed E-state index contributed by atoms with van der Waals surface area (Å²) in [6.07, 6.45) is -2.38. The molecule has 1 heterocycles. The van der Waals surface area contributed by atoms with Gasteiger partial charge in [0.15, 0.2) is 0 Å². The zero-order valence-corrected chi connectivity index (χ0v) is 7.98. The summed E-state index contributed by atoms with van der Waals surface area (Å²) in [6.45, 7) is -0.0947. The first-order valence-electron chi connectivity index (χ1n) is 3.89. The van der Waals surface area contributed by atoms with Gasteiger partial charge in [-0.1, -0.05) is 0 Å². The molecule has 6 heteroatoms. The molecule has 0 aromatic carbocycles. The van der Waals surface area contributed by atoms with Gasteiger partial charge in [-0.2, -0.15) is 0 Å². The number of carboxylic acids is 1. The minimum atomic E-state index is -2.38. The van der Waals surface area contributed by atoms with E-state index in [1.54, 1.807) is 0 Å². The van der Waals surface area contributed by atoms with Gasteiger partial charge in [-0.25, -0.2) is 13.6 Å². The first-order valence-corrected chi connectivity index (χ1v) is 4.77. The largest absolute Gasteiger partial charge is 0.478 e. The number of hydrogen-bond donors (Lipinski definition) is 2. The lowest BCUT2D eigenvalue weighted by Gasteiger charge is -2.00. The van der Waals surface area contributed by atoms with Crippen LogP contribution in [-0.2, 0) is 6.54 Å². The van der Waals surface area contributed by atoms with Crippen LogP contribution in [0, 0.1) is 0 Å². The number of hydrogen-bond acceptors (Lipinski definition) is 3. The van der Waals surface area contributed by atoms with Crippen LogP contribution < -0.4 is 5.32 Å². The van der Waals surface area contributed by atoms with E-state index in [9.17, 15) is 13.6 Å². The van der Waals surface area contributed by atoms with Crippen LogP contribution in [0.15, 0.2) is 11.4 Å². The quantitative estimate of drug-likeness (QED) is 0.797. The second-order valence-electron chi connectivity index (χ2n) is 2.63. The first kappa shape index (κ1) is 11.1. The van der Waals surface area contributed by atoms with Gasteiger partial charge >= 0.3 is 5.97 Å². The Bertz CT molecular complexity index is 314. The number of carbonyl (C=O) groups is 1. The summed E-state index contributed by atoms with van der Waals surface area (Å²) in [6, 6.07) is 1.48. The summed E-state index contributed by atoms with van der Waals surface area (Å²) in [5.74, 6) is -0.999. The molecule has 1 aromatic heterocycles. The van der Waals surface area contributed by atoms with E-state index in [0.717, 1.165) is 4.88 Å². The second kappa shape index (κ2) is 5.02. The van der Waals surface area contributed by atoms with Gasteiger partial charge in [0.2, 0.25) is 0 Å². The van der Waals surface area contributed by atoms with E-state index in [0.29, 0.717) is 0 Å². The summed E-state index contributed by atoms with van der Waals surface area (Å²) in [5, 5.41) is 12.6. The summed E-state index contributed by atoms with van der Waals surface area (Å²) in [4.78, 5) is 11.2. The van der Waals surface area contributed by atoms with Crippen molar-refractivity contribution in [2.75, 3.05) is 6.54 Å². The van der Waals surface area contributed by atoms with Crippen molar-refractivity contribution >= 4 is 17.3 Å². The van der Waals surface area contributed by atoms with Crippen LogP contribution in [0.4, 0.5) is 8.78 Å². The third-order valence-corrected chi connectivity index (χ3v) is 2.44. The monoisotopic (exact) mass is 221 g/mol. The molecule has 0 bridgehead atoms. The van der Waals surface area contributed by atoms with Crippen LogP contribution in [-0.4, -0.2) is 24.0 Å². The van der Waals surface area contributed by atoms with Gasteiger partial charge in [-0.05, 0) is 6.07 Å². The Hall–Kier alpha value is -1.01. The molecule has 2 N–H and O–H groups in total. The molecule has 3 nitrogen and oxygen atoms in total. The van der Waals surface area contributed by atoms with Gasteiger partial charge in [0.05, 0.1) is 12.1 Å². The number of alkyl halides is 2. The van der Waals surface area contributed by atoms with Gasteiger partial charge in [-0.15, -0.1) is 11.3 Å². The zero-order valence-electron chi connectivity index (χ0n) is 7.17. The number of halogens is 2. The van der Waals surface area contributed by atoms with Gasteiger partial charge in [0.1, 0.15) is 0 Å². The molecule has 0 amide bonds. The third-order valence-electron chi connectivity index (χ3n) is 1.50. The van der Waals surface area contributed by atoms with E-state index in [1.165, 1.54) is 22.8 Å². The minimum Gasteiger partial charge on any atom is -0.478 e. The smallest absolute Gasteiger partial charge is 0.336 e. The Morgan fingerprint density at radius 3 is 2.86 bits per heavy atom. The summed E-state index contributed by atoms with van der Waals surface area (Å²) in [5.41, 5.74) is 0.198. The molecule has 0 atom stereocenters. The maximum Gasteiger partial charge on any atom is 0.336 e. The van der Waals surface area contributed by atoms with Crippen LogP contribution in [0.3, 0.4) is 0 Å². The van der Waals surface area contributed by atoms with Crippen molar-refractivity contribution in [3.05, 3.63) is 21.9 Å². The summed E-state index contributed by atoms with van der Waals surface area (Å²) >= 11 is 1.24. The normalized spacial score (nSPS) is 10.8. The van der Waals surface area contributed by atoms with Crippen LogP contribution in [0.1, 0.15) is 15.2 Å². The van der Waals surface area contributed by atoms with Crippen molar-refractivity contribution in [3.63, 3.8) is 0 Å². The molecule has 14 heavy (non-hydrogen) atoms. The van der Waals surface area contributed by atoms with Crippen LogP contribution >= 0.6 is 11.3 Å². The predicted molar refractivity (Wildman–Crippen MR) is 49.0 cm³/mol. The molecular formula is C8H9F2NO2S. The Morgan fingerprint density at radius 2 is 2.36 bits per heavy atom. The van der Waals surface area contributed by atoms with E-state index in [4.69, 9.17) is 5.11 Å². The molecular weight excluding hydrogens is 212 g/mol. The van der Waals surface area contributed by atoms with Crippen LogP contribution in [0.25, 0.3) is 0 Å². The lowest BCUT2D eigenvalue weighted by Crippen LogP contribution is -2.19. The van der Waals surface area contributed by atoms with Crippen molar-refractivity contribution in [2.45, 2.75) is 13.0 Å². The Morgan fingerprint density at radius 1 is 1.64 bits per heavy atom. The molecule has 78 valence electrons. The topological polar surface area (TPSA) is 49.3 Å². The summed E-state index contributed by atoms with van der Waals surface area (Å²) < 4.78 is 23.4. The van der Waals surface area contributed by atoms with Crippen molar-refractivity contribution in [1.29, 1.82) is 0 Å². The highest BCUT2D eigenvalue weighted by atomic mass is 32.1. The molecule has 0 saturated heterocycles. The number of rotatable bonds is 5. The number of carboxylic acid groups (broad SMARTS) is 1. The number of aromatic carboxylic acids is 1. The molecule has 0 spiro atoms. The van der Waals surface area contributed by atoms with Gasteiger partial charge in [0.25, 0.3) is 6.43 Å². The lowest BCUT2D eigenvalue weighted by molar-refractivity contribution is 0.0697. The minimum absolute atomic E-state index is 0.198. The van der Waals surface area contributed by atoms with Crippen molar-refractivity contribution in [1.82, 2.24) is 5.32 Å². The van der Waals surface area contributed by atoms with E-state index in [2.05, 4.69) is 5.32 Å². The summed E-state index contributed by atoms with van der Waals surface area (Å²) in [7, 11) is 0. The van der Waals surface area contributed by atoms with Crippen molar-refractivity contribution < 1.29 is 18.7 Å². The number of nitrogens with one attached hydrogen (secondary N) is 1. The molecule has 0 radical (unpaired) electrons. The highest BCUT2D eigenvalue weighted by Gasteiger charge is 2.07. The molecule has 1 aromatic rings. The Labute approximate surface area is 83.4 Å². The van der Waals surface area contributed by atoms with Gasteiger partial charge < -0.3 is 10.4 Å². The maximum atomic E-state index is 11.7. The van der Waals surface area contributed by atoms with Crippen LogP contribution in [0.5, 0.6) is 0 Å². The SMILES string of the molecule is O=C(O)c1csc(CNCC(F)F)c1. The fourth-order valence-electron chi connectivity index (χ4n) is 0.890. The molecule has 0 unspecified atom stereocenters. The fourth-order valence-corrected chi connectivity index (χ4v) is 1.72. The highest BCUT2D eigenvalue weighted by molar-refractivity contribution is 7.10.